The second kappa shape index (κ2) is 10.9. The molecule has 0 aliphatic carbocycles. The Morgan fingerprint density at radius 1 is 0.792 bits per heavy atom. The monoisotopic (exact) mass is 325 g/mol. The highest BCUT2D eigenvalue weighted by Crippen LogP contribution is 2.14. The Labute approximate surface area is 147 Å². The molecular weight excluding hydrogens is 294 g/mol. The van der Waals surface area contributed by atoms with Gasteiger partial charge in [-0.1, -0.05) is 62.2 Å². The maximum absolute atomic E-state index is 5.33. The van der Waals surface area contributed by atoms with Gasteiger partial charge < -0.3 is 9.64 Å². The van der Waals surface area contributed by atoms with Crippen LogP contribution in [-0.4, -0.2) is 31.6 Å². The van der Waals surface area contributed by atoms with Crippen LogP contribution in [0.5, 0.6) is 5.75 Å². The van der Waals surface area contributed by atoms with Crippen molar-refractivity contribution in [2.45, 2.75) is 39.0 Å². The van der Waals surface area contributed by atoms with Crippen LogP contribution < -0.4 is 4.74 Å². The Morgan fingerprint density at radius 3 is 2.21 bits per heavy atom. The molecule has 0 aliphatic heterocycles. The fourth-order valence-electron chi connectivity index (χ4n) is 2.97. The minimum atomic E-state index is 0.953. The van der Waals surface area contributed by atoms with E-state index in [9.17, 15) is 0 Å². The summed E-state index contributed by atoms with van der Waals surface area (Å²) in [5, 5.41) is 0. The second-order valence-corrected chi connectivity index (χ2v) is 6.39. The molecule has 0 heterocycles. The molecule has 0 amide bonds. The molecule has 0 fully saturated rings. The number of unbranched alkanes of at least 4 members (excludes halogenated alkanes) is 2. The average Bonchev–Trinajstić information content (AvgIpc) is 2.64. The quantitative estimate of drug-likeness (QED) is 0.541. The predicted octanol–water partition coefficient (Wildman–Crippen LogP) is 4.97. The highest BCUT2D eigenvalue weighted by Gasteiger charge is 2.06. The standard InChI is InChI=1S/C22H31NO/c1-3-4-8-16-23(17-14-20-10-6-5-7-11-20)18-15-21-12-9-13-22(19-21)24-2/h5-7,9-13,19H,3-4,8,14-18H2,1-2H3. The first kappa shape index (κ1) is 18.5. The molecule has 0 saturated carbocycles. The van der Waals surface area contributed by atoms with Crippen molar-refractivity contribution >= 4 is 0 Å². The first-order valence-electron chi connectivity index (χ1n) is 9.21. The molecule has 0 spiro atoms. The van der Waals surface area contributed by atoms with Gasteiger partial charge in [-0.15, -0.1) is 0 Å². The summed E-state index contributed by atoms with van der Waals surface area (Å²) < 4.78 is 5.33. The van der Waals surface area contributed by atoms with Crippen LogP contribution in [0.2, 0.25) is 0 Å². The third-order valence-electron chi connectivity index (χ3n) is 4.49. The van der Waals surface area contributed by atoms with Gasteiger partial charge in [-0.25, -0.2) is 0 Å². The van der Waals surface area contributed by atoms with Gasteiger partial charge in [0.05, 0.1) is 7.11 Å². The molecule has 2 aromatic rings. The zero-order valence-corrected chi connectivity index (χ0v) is 15.2. The topological polar surface area (TPSA) is 12.5 Å². The van der Waals surface area contributed by atoms with E-state index in [2.05, 4.69) is 60.4 Å². The van der Waals surface area contributed by atoms with E-state index in [1.54, 1.807) is 7.11 Å². The average molecular weight is 325 g/mol. The van der Waals surface area contributed by atoms with E-state index in [0.717, 1.165) is 31.7 Å². The molecule has 2 aromatic carbocycles. The summed E-state index contributed by atoms with van der Waals surface area (Å²) >= 11 is 0. The van der Waals surface area contributed by atoms with Gasteiger partial charge in [0.15, 0.2) is 0 Å². The summed E-state index contributed by atoms with van der Waals surface area (Å²) in [4.78, 5) is 2.61. The van der Waals surface area contributed by atoms with E-state index in [1.165, 1.54) is 36.9 Å². The van der Waals surface area contributed by atoms with E-state index in [1.807, 2.05) is 6.07 Å². The first-order chi connectivity index (χ1) is 11.8. The Bertz CT molecular complexity index is 567. The highest BCUT2D eigenvalue weighted by atomic mass is 16.5. The predicted molar refractivity (Wildman–Crippen MR) is 103 cm³/mol. The van der Waals surface area contributed by atoms with E-state index in [-0.39, 0.29) is 0 Å². The van der Waals surface area contributed by atoms with Crippen molar-refractivity contribution in [3.05, 3.63) is 65.7 Å². The van der Waals surface area contributed by atoms with Crippen LogP contribution in [0.25, 0.3) is 0 Å². The molecule has 0 radical (unpaired) electrons. The van der Waals surface area contributed by atoms with Crippen LogP contribution in [0, 0.1) is 0 Å². The highest BCUT2D eigenvalue weighted by molar-refractivity contribution is 5.28. The van der Waals surface area contributed by atoms with Crippen LogP contribution in [0.1, 0.15) is 37.3 Å². The van der Waals surface area contributed by atoms with Crippen LogP contribution in [0.3, 0.4) is 0 Å². The lowest BCUT2D eigenvalue weighted by molar-refractivity contribution is 0.274. The molecule has 130 valence electrons. The molecule has 0 aliphatic rings. The third-order valence-corrected chi connectivity index (χ3v) is 4.49. The minimum Gasteiger partial charge on any atom is -0.497 e. The van der Waals surface area contributed by atoms with Crippen molar-refractivity contribution in [2.75, 3.05) is 26.7 Å². The lowest BCUT2D eigenvalue weighted by Gasteiger charge is -2.22. The van der Waals surface area contributed by atoms with Gasteiger partial charge in [-0.05, 0) is 49.1 Å². The minimum absolute atomic E-state index is 0.953. The van der Waals surface area contributed by atoms with Crippen molar-refractivity contribution in [1.29, 1.82) is 0 Å². The van der Waals surface area contributed by atoms with Crippen molar-refractivity contribution < 1.29 is 4.74 Å². The summed E-state index contributed by atoms with van der Waals surface area (Å²) in [6, 6.07) is 19.3. The van der Waals surface area contributed by atoms with E-state index >= 15 is 0 Å². The number of ether oxygens (including phenoxy) is 1. The fourth-order valence-corrected chi connectivity index (χ4v) is 2.97. The summed E-state index contributed by atoms with van der Waals surface area (Å²) in [6.45, 7) is 5.72. The zero-order valence-electron chi connectivity index (χ0n) is 15.2. The molecule has 2 heteroatoms. The third kappa shape index (κ3) is 6.76. The largest absolute Gasteiger partial charge is 0.497 e. The number of benzene rings is 2. The molecule has 2 rings (SSSR count). The molecule has 0 saturated heterocycles. The fraction of sp³-hybridized carbons (Fsp3) is 0.455. The lowest BCUT2D eigenvalue weighted by Crippen LogP contribution is -2.29. The SMILES string of the molecule is CCCCCN(CCc1ccccc1)CCc1cccc(OC)c1. The van der Waals surface area contributed by atoms with Gasteiger partial charge in [0.25, 0.3) is 0 Å². The molecular formula is C22H31NO. The maximum Gasteiger partial charge on any atom is 0.119 e. The van der Waals surface area contributed by atoms with Crippen LogP contribution in [-0.2, 0) is 12.8 Å². The number of hydrogen-bond acceptors (Lipinski definition) is 2. The number of methoxy groups -OCH3 is 1. The van der Waals surface area contributed by atoms with Gasteiger partial charge in [0.2, 0.25) is 0 Å². The second-order valence-electron chi connectivity index (χ2n) is 6.39. The first-order valence-corrected chi connectivity index (χ1v) is 9.21. The molecule has 2 nitrogen and oxygen atoms in total. The normalized spacial score (nSPS) is 11.0. The number of nitrogens with zero attached hydrogens (tertiary/aromatic N) is 1. The Kier molecular flexibility index (Phi) is 8.40. The van der Waals surface area contributed by atoms with Gasteiger partial charge in [0, 0.05) is 13.1 Å². The van der Waals surface area contributed by atoms with Crippen LogP contribution >= 0.6 is 0 Å². The molecule has 0 atom stereocenters. The van der Waals surface area contributed by atoms with E-state index in [0.29, 0.717) is 0 Å². The van der Waals surface area contributed by atoms with Gasteiger partial charge in [0.1, 0.15) is 5.75 Å². The molecule has 0 bridgehead atoms. The van der Waals surface area contributed by atoms with Crippen molar-refractivity contribution in [2.24, 2.45) is 0 Å². The number of rotatable bonds is 11. The van der Waals surface area contributed by atoms with E-state index in [4.69, 9.17) is 4.74 Å². The summed E-state index contributed by atoms with van der Waals surface area (Å²) in [5.41, 5.74) is 2.79. The van der Waals surface area contributed by atoms with Crippen molar-refractivity contribution in [1.82, 2.24) is 4.90 Å². The van der Waals surface area contributed by atoms with Gasteiger partial charge in [-0.2, -0.15) is 0 Å². The smallest absolute Gasteiger partial charge is 0.119 e. The van der Waals surface area contributed by atoms with Gasteiger partial charge in [-0.3, -0.25) is 0 Å². The zero-order chi connectivity index (χ0) is 17.0. The molecule has 24 heavy (non-hydrogen) atoms. The Balaban J connectivity index is 1.87. The summed E-state index contributed by atoms with van der Waals surface area (Å²) in [5.74, 6) is 0.953. The van der Waals surface area contributed by atoms with Crippen LogP contribution in [0.4, 0.5) is 0 Å². The lowest BCUT2D eigenvalue weighted by atomic mass is 10.1. The molecule has 0 unspecified atom stereocenters. The Hall–Kier alpha value is -1.80. The molecule has 0 N–H and O–H groups in total. The van der Waals surface area contributed by atoms with Crippen molar-refractivity contribution in [3.63, 3.8) is 0 Å². The van der Waals surface area contributed by atoms with E-state index < -0.39 is 0 Å². The summed E-state index contributed by atoms with van der Waals surface area (Å²) in [6.07, 6.45) is 6.11. The summed E-state index contributed by atoms with van der Waals surface area (Å²) in [7, 11) is 1.73. The maximum atomic E-state index is 5.33. The van der Waals surface area contributed by atoms with Crippen molar-refractivity contribution in [3.8, 4) is 5.75 Å². The number of hydrogen-bond donors (Lipinski definition) is 0. The van der Waals surface area contributed by atoms with Crippen LogP contribution in [0.15, 0.2) is 54.6 Å². The Morgan fingerprint density at radius 2 is 1.50 bits per heavy atom. The van der Waals surface area contributed by atoms with Gasteiger partial charge >= 0.3 is 0 Å². The molecule has 0 aromatic heterocycles.